The molecule has 0 N–H and O–H groups in total. The molecule has 0 bridgehead atoms. The zero-order valence-corrected chi connectivity index (χ0v) is 13.4. The quantitative estimate of drug-likeness (QED) is 0.756. The Bertz CT molecular complexity index is 609. The van der Waals surface area contributed by atoms with Gasteiger partial charge in [0.2, 0.25) is 0 Å². The van der Waals surface area contributed by atoms with E-state index >= 15 is 0 Å². The lowest BCUT2D eigenvalue weighted by atomic mass is 10.0. The number of aryl methyl sites for hydroxylation is 2. The van der Waals surface area contributed by atoms with Crippen LogP contribution in [-0.4, -0.2) is 12.6 Å². The van der Waals surface area contributed by atoms with Crippen molar-refractivity contribution in [1.82, 2.24) is 0 Å². The van der Waals surface area contributed by atoms with E-state index in [1.54, 1.807) is 0 Å². The van der Waals surface area contributed by atoms with E-state index < -0.39 is 0 Å². The van der Waals surface area contributed by atoms with Crippen LogP contribution in [0.2, 0.25) is 0 Å². The molecule has 22 heavy (non-hydrogen) atoms. The van der Waals surface area contributed by atoms with E-state index in [4.69, 9.17) is 9.47 Å². The molecule has 0 aliphatic carbocycles. The van der Waals surface area contributed by atoms with Crippen LogP contribution in [0.15, 0.2) is 42.5 Å². The van der Waals surface area contributed by atoms with Gasteiger partial charge in [-0.15, -0.1) is 0 Å². The fourth-order valence-corrected chi connectivity index (χ4v) is 2.31. The Balaban J connectivity index is 1.95. The maximum absolute atomic E-state index is 11.4. The van der Waals surface area contributed by atoms with Crippen molar-refractivity contribution < 1.29 is 14.3 Å². The first-order valence-electron chi connectivity index (χ1n) is 7.52. The molecule has 2 rings (SSSR count). The molecule has 0 aromatic heterocycles. The predicted octanol–water partition coefficient (Wildman–Crippen LogP) is 3.99. The molecule has 2 aromatic carbocycles. The molecule has 116 valence electrons. The predicted molar refractivity (Wildman–Crippen MR) is 87.0 cm³/mol. The van der Waals surface area contributed by atoms with Gasteiger partial charge in [-0.1, -0.05) is 30.3 Å². The number of rotatable bonds is 6. The molecule has 0 spiro atoms. The lowest BCUT2D eigenvalue weighted by Crippen LogP contribution is -2.07. The van der Waals surface area contributed by atoms with Crippen LogP contribution in [0.5, 0.6) is 5.75 Å². The minimum absolute atomic E-state index is 0.202. The van der Waals surface area contributed by atoms with E-state index in [2.05, 4.69) is 32.0 Å². The van der Waals surface area contributed by atoms with Crippen molar-refractivity contribution in [3.05, 3.63) is 64.7 Å². The first-order valence-corrected chi connectivity index (χ1v) is 7.52. The van der Waals surface area contributed by atoms with Gasteiger partial charge in [-0.05, 0) is 55.2 Å². The molecule has 0 saturated carbocycles. The Hall–Kier alpha value is -2.29. The van der Waals surface area contributed by atoms with E-state index in [1.165, 1.54) is 16.7 Å². The van der Waals surface area contributed by atoms with Gasteiger partial charge in [0.05, 0.1) is 13.0 Å². The van der Waals surface area contributed by atoms with Gasteiger partial charge in [-0.2, -0.15) is 0 Å². The van der Waals surface area contributed by atoms with Crippen molar-refractivity contribution in [2.75, 3.05) is 6.61 Å². The highest BCUT2D eigenvalue weighted by atomic mass is 16.5. The van der Waals surface area contributed by atoms with Crippen LogP contribution in [0.25, 0.3) is 0 Å². The van der Waals surface area contributed by atoms with Gasteiger partial charge in [-0.25, -0.2) is 0 Å². The summed E-state index contributed by atoms with van der Waals surface area (Å²) in [5, 5.41) is 0. The van der Waals surface area contributed by atoms with Gasteiger partial charge in [0.15, 0.2) is 0 Å². The van der Waals surface area contributed by atoms with Crippen LogP contribution in [-0.2, 0) is 22.6 Å². The van der Waals surface area contributed by atoms with Gasteiger partial charge >= 0.3 is 5.97 Å². The number of ether oxygens (including phenoxy) is 2. The first kappa shape index (κ1) is 16.1. The molecule has 3 heteroatoms. The van der Waals surface area contributed by atoms with Gasteiger partial charge < -0.3 is 9.47 Å². The summed E-state index contributed by atoms with van der Waals surface area (Å²) in [5.74, 6) is 0.599. The molecule has 0 saturated heterocycles. The van der Waals surface area contributed by atoms with Gasteiger partial charge in [0, 0.05) is 0 Å². The maximum Gasteiger partial charge on any atom is 0.310 e. The number of carbonyl (C=O) groups is 1. The van der Waals surface area contributed by atoms with E-state index in [0.29, 0.717) is 19.6 Å². The lowest BCUT2D eigenvalue weighted by Gasteiger charge is -2.12. The number of hydrogen-bond acceptors (Lipinski definition) is 3. The molecule has 0 amide bonds. The number of carbonyl (C=O) groups excluding carboxylic acids is 1. The highest BCUT2D eigenvalue weighted by Crippen LogP contribution is 2.18. The molecule has 0 unspecified atom stereocenters. The van der Waals surface area contributed by atoms with Crippen molar-refractivity contribution in [2.45, 2.75) is 33.8 Å². The van der Waals surface area contributed by atoms with Crippen molar-refractivity contribution >= 4 is 5.97 Å². The zero-order valence-electron chi connectivity index (χ0n) is 13.4. The second-order valence-electron chi connectivity index (χ2n) is 5.28. The molecule has 0 atom stereocenters. The van der Waals surface area contributed by atoms with Crippen molar-refractivity contribution in [3.63, 3.8) is 0 Å². The van der Waals surface area contributed by atoms with E-state index in [-0.39, 0.29) is 5.97 Å². The summed E-state index contributed by atoms with van der Waals surface area (Å²) in [7, 11) is 0. The fraction of sp³-hybridized carbons (Fsp3) is 0.316. The van der Waals surface area contributed by atoms with E-state index in [0.717, 1.165) is 11.3 Å². The standard InChI is InChI=1S/C19H22O3/c1-4-21-19(20)12-16-8-10-17(11-9-16)22-13-18-14(2)6-5-7-15(18)3/h5-11H,4,12-13H2,1-3H3. The molecule has 3 nitrogen and oxygen atoms in total. The molecule has 0 aliphatic rings. The summed E-state index contributed by atoms with van der Waals surface area (Å²) in [6.07, 6.45) is 0.297. The number of esters is 1. The molecule has 2 aromatic rings. The third-order valence-corrected chi connectivity index (χ3v) is 3.60. The Kier molecular flexibility index (Phi) is 5.59. The lowest BCUT2D eigenvalue weighted by molar-refractivity contribution is -0.142. The normalized spacial score (nSPS) is 10.3. The van der Waals surface area contributed by atoms with Crippen molar-refractivity contribution in [1.29, 1.82) is 0 Å². The summed E-state index contributed by atoms with van der Waals surface area (Å²) in [6, 6.07) is 13.8. The summed E-state index contributed by atoms with van der Waals surface area (Å²) in [6.45, 7) is 6.95. The number of hydrogen-bond donors (Lipinski definition) is 0. The molecular formula is C19H22O3. The second-order valence-corrected chi connectivity index (χ2v) is 5.28. The molecule has 0 fully saturated rings. The van der Waals surface area contributed by atoms with Crippen LogP contribution >= 0.6 is 0 Å². The number of benzene rings is 2. The van der Waals surface area contributed by atoms with Gasteiger partial charge in [0.25, 0.3) is 0 Å². The minimum atomic E-state index is -0.202. The average Bonchev–Trinajstić information content (AvgIpc) is 2.48. The second kappa shape index (κ2) is 7.64. The third kappa shape index (κ3) is 4.35. The summed E-state index contributed by atoms with van der Waals surface area (Å²) >= 11 is 0. The average molecular weight is 298 g/mol. The first-order chi connectivity index (χ1) is 10.6. The Morgan fingerprint density at radius 3 is 2.23 bits per heavy atom. The van der Waals surface area contributed by atoms with Crippen LogP contribution in [0.1, 0.15) is 29.2 Å². The van der Waals surface area contributed by atoms with Crippen LogP contribution < -0.4 is 4.74 Å². The molecular weight excluding hydrogens is 276 g/mol. The Morgan fingerprint density at radius 1 is 1.00 bits per heavy atom. The largest absolute Gasteiger partial charge is 0.489 e. The molecule has 0 heterocycles. The van der Waals surface area contributed by atoms with Crippen molar-refractivity contribution in [3.8, 4) is 5.75 Å². The summed E-state index contributed by atoms with van der Waals surface area (Å²) in [4.78, 5) is 11.4. The van der Waals surface area contributed by atoms with E-state index in [1.807, 2.05) is 31.2 Å². The molecule has 0 radical (unpaired) electrons. The Morgan fingerprint density at radius 2 is 1.64 bits per heavy atom. The van der Waals surface area contributed by atoms with Gasteiger partial charge in [0.1, 0.15) is 12.4 Å². The third-order valence-electron chi connectivity index (χ3n) is 3.60. The maximum atomic E-state index is 11.4. The summed E-state index contributed by atoms with van der Waals surface area (Å²) < 4.78 is 10.8. The SMILES string of the molecule is CCOC(=O)Cc1ccc(OCc2c(C)cccc2C)cc1. The van der Waals surface area contributed by atoms with E-state index in [9.17, 15) is 4.79 Å². The topological polar surface area (TPSA) is 35.5 Å². The monoisotopic (exact) mass is 298 g/mol. The summed E-state index contributed by atoms with van der Waals surface area (Å²) in [5.41, 5.74) is 4.62. The Labute approximate surface area is 131 Å². The zero-order chi connectivity index (χ0) is 15.9. The van der Waals surface area contributed by atoms with Gasteiger partial charge in [-0.3, -0.25) is 4.79 Å². The van der Waals surface area contributed by atoms with Crippen LogP contribution in [0.3, 0.4) is 0 Å². The highest BCUT2D eigenvalue weighted by Gasteiger charge is 2.05. The minimum Gasteiger partial charge on any atom is -0.489 e. The molecule has 0 aliphatic heterocycles. The smallest absolute Gasteiger partial charge is 0.310 e. The van der Waals surface area contributed by atoms with Crippen LogP contribution in [0.4, 0.5) is 0 Å². The van der Waals surface area contributed by atoms with Crippen molar-refractivity contribution in [2.24, 2.45) is 0 Å². The van der Waals surface area contributed by atoms with Crippen LogP contribution in [0, 0.1) is 13.8 Å². The highest BCUT2D eigenvalue weighted by molar-refractivity contribution is 5.72. The fourth-order valence-electron chi connectivity index (χ4n) is 2.31.